The molecule has 28 heavy (non-hydrogen) atoms. The molecule has 0 spiro atoms. The zero-order valence-corrected chi connectivity index (χ0v) is 18.4. The van der Waals surface area contributed by atoms with Gasteiger partial charge in [-0.15, -0.1) is 45.3 Å². The highest BCUT2D eigenvalue weighted by Crippen LogP contribution is 2.16. The van der Waals surface area contributed by atoms with Gasteiger partial charge in [0.25, 0.3) is 0 Å². The first kappa shape index (κ1) is 19.7. The summed E-state index contributed by atoms with van der Waals surface area (Å²) >= 11 is 6.82. The maximum atomic E-state index is 4.46. The third-order valence-corrected chi connectivity index (χ3v) is 7.16. The predicted molar refractivity (Wildman–Crippen MR) is 117 cm³/mol. The molecular weight excluding hydrogens is 429 g/mol. The van der Waals surface area contributed by atoms with Gasteiger partial charge in [0.2, 0.25) is 0 Å². The number of rotatable bonds is 11. The molecule has 0 saturated carbocycles. The lowest BCUT2D eigenvalue weighted by Crippen LogP contribution is -2.34. The van der Waals surface area contributed by atoms with Crippen molar-refractivity contribution in [3.63, 3.8) is 0 Å². The van der Waals surface area contributed by atoms with Crippen LogP contribution in [-0.4, -0.2) is 42.8 Å². The van der Waals surface area contributed by atoms with E-state index in [-0.39, 0.29) is 0 Å². The summed E-state index contributed by atoms with van der Waals surface area (Å²) in [4.78, 5) is 22.7. The van der Waals surface area contributed by atoms with Gasteiger partial charge in [0.1, 0.15) is 20.0 Å². The molecule has 146 valence electrons. The maximum Gasteiger partial charge on any atom is 0.107 e. The minimum absolute atomic E-state index is 0.847. The fraction of sp³-hybridized carbons (Fsp3) is 0.333. The molecule has 0 fully saturated rings. The lowest BCUT2D eigenvalue weighted by atomic mass is 10.4. The Balaban J connectivity index is 1.41. The first-order valence-corrected chi connectivity index (χ1v) is 12.4. The summed E-state index contributed by atoms with van der Waals surface area (Å²) < 4.78 is 0. The van der Waals surface area contributed by atoms with E-state index < -0.39 is 0 Å². The van der Waals surface area contributed by atoms with Crippen molar-refractivity contribution in [1.82, 2.24) is 29.7 Å². The number of hydrogen-bond donors (Lipinski definition) is 0. The molecule has 0 aliphatic heterocycles. The minimum atomic E-state index is 0.847. The molecule has 4 aromatic rings. The predicted octanol–water partition coefficient (Wildman–Crippen LogP) is 4.22. The topological polar surface area (TPSA) is 58.0 Å². The van der Waals surface area contributed by atoms with Crippen molar-refractivity contribution in [1.29, 1.82) is 0 Å². The normalized spacial score (nSPS) is 11.6. The average molecular weight is 449 g/mol. The SMILES string of the molecule is c1csc(CN(CCN(Cc2nccs2)Cc2nccs2)Cc2nccs2)n1. The van der Waals surface area contributed by atoms with Crippen LogP contribution in [0.5, 0.6) is 0 Å². The second kappa shape index (κ2) is 10.3. The van der Waals surface area contributed by atoms with E-state index >= 15 is 0 Å². The van der Waals surface area contributed by atoms with E-state index in [9.17, 15) is 0 Å². The molecule has 6 nitrogen and oxygen atoms in total. The van der Waals surface area contributed by atoms with Crippen LogP contribution in [0.4, 0.5) is 0 Å². The van der Waals surface area contributed by atoms with E-state index in [0.717, 1.165) is 59.3 Å². The van der Waals surface area contributed by atoms with Gasteiger partial charge in [0.05, 0.1) is 26.2 Å². The fourth-order valence-corrected chi connectivity index (χ4v) is 5.43. The smallest absolute Gasteiger partial charge is 0.107 e. The number of nitrogens with zero attached hydrogens (tertiary/aromatic N) is 6. The van der Waals surface area contributed by atoms with E-state index in [4.69, 9.17) is 0 Å². The molecule has 0 bridgehead atoms. The van der Waals surface area contributed by atoms with Crippen LogP contribution in [0, 0.1) is 0 Å². The van der Waals surface area contributed by atoms with Crippen LogP contribution in [0.1, 0.15) is 20.0 Å². The van der Waals surface area contributed by atoms with E-state index in [2.05, 4.69) is 29.7 Å². The second-order valence-corrected chi connectivity index (χ2v) is 10.0. The Bertz CT molecular complexity index is 741. The molecule has 0 atom stereocenters. The van der Waals surface area contributed by atoms with Gasteiger partial charge < -0.3 is 0 Å². The van der Waals surface area contributed by atoms with E-state index in [1.54, 1.807) is 45.3 Å². The monoisotopic (exact) mass is 448 g/mol. The highest BCUT2D eigenvalue weighted by atomic mass is 32.1. The van der Waals surface area contributed by atoms with Gasteiger partial charge >= 0.3 is 0 Å². The van der Waals surface area contributed by atoms with Gasteiger partial charge in [-0.05, 0) is 0 Å². The van der Waals surface area contributed by atoms with Crippen molar-refractivity contribution >= 4 is 45.3 Å². The zero-order valence-electron chi connectivity index (χ0n) is 15.2. The summed E-state index contributed by atoms with van der Waals surface area (Å²) in [6.45, 7) is 5.27. The van der Waals surface area contributed by atoms with Gasteiger partial charge in [-0.25, -0.2) is 19.9 Å². The molecule has 4 rings (SSSR count). The lowest BCUT2D eigenvalue weighted by molar-refractivity contribution is 0.182. The Kier molecular flexibility index (Phi) is 7.25. The summed E-state index contributed by atoms with van der Waals surface area (Å²) in [5, 5.41) is 12.7. The summed E-state index contributed by atoms with van der Waals surface area (Å²) in [5.74, 6) is 0. The number of thiazole rings is 4. The molecule has 0 aliphatic carbocycles. The summed E-state index contributed by atoms with van der Waals surface area (Å²) in [6, 6.07) is 0. The first-order chi connectivity index (χ1) is 13.8. The van der Waals surface area contributed by atoms with Crippen LogP contribution in [0.15, 0.2) is 46.3 Å². The van der Waals surface area contributed by atoms with Crippen LogP contribution in [0.2, 0.25) is 0 Å². The van der Waals surface area contributed by atoms with Crippen LogP contribution in [-0.2, 0) is 26.2 Å². The Morgan fingerprint density at radius 2 is 0.786 bits per heavy atom. The van der Waals surface area contributed by atoms with E-state index in [1.807, 2.05) is 46.3 Å². The van der Waals surface area contributed by atoms with E-state index in [1.165, 1.54) is 0 Å². The molecule has 0 radical (unpaired) electrons. The van der Waals surface area contributed by atoms with Gasteiger partial charge in [-0.2, -0.15) is 0 Å². The number of hydrogen-bond acceptors (Lipinski definition) is 10. The first-order valence-electron chi connectivity index (χ1n) is 8.83. The highest BCUT2D eigenvalue weighted by molar-refractivity contribution is 7.10. The molecule has 0 amide bonds. The summed E-state index contributed by atoms with van der Waals surface area (Å²) in [7, 11) is 0. The Morgan fingerprint density at radius 3 is 1.00 bits per heavy atom. The molecule has 4 heterocycles. The second-order valence-electron chi connectivity index (χ2n) is 6.12. The Morgan fingerprint density at radius 1 is 0.500 bits per heavy atom. The third-order valence-electron chi connectivity index (χ3n) is 4.10. The summed E-state index contributed by atoms with van der Waals surface area (Å²) in [5.41, 5.74) is 0. The van der Waals surface area contributed by atoms with Crippen LogP contribution in [0.25, 0.3) is 0 Å². The Labute approximate surface area is 180 Å². The molecule has 4 aromatic heterocycles. The van der Waals surface area contributed by atoms with E-state index in [0.29, 0.717) is 0 Å². The standard InChI is InChI=1S/C18H20N6S4/c1-7-25-15(19-1)11-23(12-16-20-2-8-26-16)5-6-24(13-17-21-3-9-27-17)14-18-22-4-10-28-18/h1-4,7-10H,5-6,11-14H2. The minimum Gasteiger partial charge on any atom is -0.289 e. The van der Waals surface area contributed by atoms with Crippen molar-refractivity contribution in [3.05, 3.63) is 66.3 Å². The Hall–Kier alpha value is -1.56. The van der Waals surface area contributed by atoms with Crippen LogP contribution >= 0.6 is 45.3 Å². The van der Waals surface area contributed by atoms with Crippen molar-refractivity contribution in [2.75, 3.05) is 13.1 Å². The van der Waals surface area contributed by atoms with Gasteiger partial charge in [0.15, 0.2) is 0 Å². The van der Waals surface area contributed by atoms with Crippen LogP contribution < -0.4 is 0 Å². The molecular formula is C18H20N6S4. The fourth-order valence-electron chi connectivity index (χ4n) is 2.80. The van der Waals surface area contributed by atoms with Crippen LogP contribution in [0.3, 0.4) is 0 Å². The third kappa shape index (κ3) is 5.97. The quantitative estimate of drug-likeness (QED) is 0.342. The molecule has 0 N–H and O–H groups in total. The zero-order chi connectivity index (χ0) is 19.0. The average Bonchev–Trinajstić information content (AvgIpc) is 3.47. The highest BCUT2D eigenvalue weighted by Gasteiger charge is 2.15. The molecule has 0 saturated heterocycles. The summed E-state index contributed by atoms with van der Waals surface area (Å²) in [6.07, 6.45) is 7.50. The molecule has 0 unspecified atom stereocenters. The van der Waals surface area contributed by atoms with Crippen molar-refractivity contribution < 1.29 is 0 Å². The van der Waals surface area contributed by atoms with Gasteiger partial charge in [0, 0.05) is 59.4 Å². The maximum absolute atomic E-state index is 4.46. The van der Waals surface area contributed by atoms with Gasteiger partial charge in [-0.3, -0.25) is 9.80 Å². The lowest BCUT2D eigenvalue weighted by Gasteiger charge is -2.25. The van der Waals surface area contributed by atoms with Gasteiger partial charge in [-0.1, -0.05) is 0 Å². The van der Waals surface area contributed by atoms with Crippen molar-refractivity contribution in [2.24, 2.45) is 0 Å². The van der Waals surface area contributed by atoms with Crippen molar-refractivity contribution in [2.45, 2.75) is 26.2 Å². The molecule has 0 aliphatic rings. The number of aromatic nitrogens is 4. The van der Waals surface area contributed by atoms with Crippen molar-refractivity contribution in [3.8, 4) is 0 Å². The molecule has 10 heteroatoms. The molecule has 0 aromatic carbocycles. The largest absolute Gasteiger partial charge is 0.289 e.